The van der Waals surface area contributed by atoms with Crippen molar-refractivity contribution in [1.82, 2.24) is 15.0 Å². The molecule has 0 spiro atoms. The van der Waals surface area contributed by atoms with Crippen molar-refractivity contribution in [3.05, 3.63) is 78.2 Å². The number of phenols is 1. The second-order valence-corrected chi connectivity index (χ2v) is 8.53. The Morgan fingerprint density at radius 2 is 1.88 bits per heavy atom. The quantitative estimate of drug-likeness (QED) is 0.275. The Morgan fingerprint density at radius 3 is 2.58 bits per heavy atom. The number of halogens is 3. The van der Waals surface area contributed by atoms with Crippen LogP contribution < -0.4 is 5.32 Å². The number of H-pyrrole nitrogens is 1. The van der Waals surface area contributed by atoms with Gasteiger partial charge in [0.2, 0.25) is 0 Å². The minimum atomic E-state index is -5.04. The van der Waals surface area contributed by atoms with Crippen LogP contribution in [0.3, 0.4) is 0 Å². The smallest absolute Gasteiger partial charge is 0.420 e. The Bertz CT molecular complexity index is 1250. The second kappa shape index (κ2) is 8.95. The van der Waals surface area contributed by atoms with Crippen LogP contribution in [0.25, 0.3) is 10.9 Å². The maximum absolute atomic E-state index is 14.4. The number of aryl methyl sites for hydroxylation is 1. The van der Waals surface area contributed by atoms with Gasteiger partial charge in [0, 0.05) is 40.5 Å². The number of hydrogen-bond acceptors (Lipinski definition) is 6. The van der Waals surface area contributed by atoms with Gasteiger partial charge in [-0.2, -0.15) is 13.2 Å². The molecule has 2 atom stereocenters. The number of imidazole rings is 1. The predicted molar refractivity (Wildman–Crippen MR) is 121 cm³/mol. The van der Waals surface area contributed by atoms with E-state index in [-0.39, 0.29) is 16.5 Å². The van der Waals surface area contributed by atoms with Gasteiger partial charge in [0.25, 0.3) is 0 Å². The largest absolute Gasteiger partial charge is 0.508 e. The summed E-state index contributed by atoms with van der Waals surface area (Å²) in [5, 5.41) is 25.3. The molecule has 2 aromatic heterocycles. The Balaban J connectivity index is 1.83. The lowest BCUT2D eigenvalue weighted by atomic mass is 9.88. The molecule has 2 heterocycles. The van der Waals surface area contributed by atoms with Crippen molar-refractivity contribution < 1.29 is 23.4 Å². The Morgan fingerprint density at radius 1 is 1.09 bits per heavy atom. The highest BCUT2D eigenvalue weighted by Crippen LogP contribution is 2.46. The minimum Gasteiger partial charge on any atom is -0.508 e. The molecular formula is C23H21F3N4O2S. The van der Waals surface area contributed by atoms with Gasteiger partial charge in [-0.15, -0.1) is 0 Å². The second-order valence-electron chi connectivity index (χ2n) is 7.57. The summed E-state index contributed by atoms with van der Waals surface area (Å²) >= 11 is 0.735. The average Bonchev–Trinajstić information content (AvgIpc) is 3.29. The molecule has 2 aromatic carbocycles. The molecule has 0 fully saturated rings. The highest BCUT2D eigenvalue weighted by Gasteiger charge is 2.59. The molecule has 0 saturated heterocycles. The number of thioether (sulfide) groups is 1. The molecule has 172 valence electrons. The molecule has 0 radical (unpaired) electrons. The number of pyridine rings is 1. The third-order valence-corrected chi connectivity index (χ3v) is 6.37. The standard InChI is InChI=1S/C23H21F3N4O2S/c1-14-9-10-15-17(29-14)6-4-7-18(15)30-20(16-5-2-3-8-19(16)31)22(32,23(24,25)26)13-33-21-27-11-12-28-21/h2-12,20,30-32H,13H2,1H3,(H,27,28). The van der Waals surface area contributed by atoms with E-state index in [4.69, 9.17) is 0 Å². The Labute approximate surface area is 191 Å². The molecule has 0 aliphatic heterocycles. The van der Waals surface area contributed by atoms with E-state index in [1.165, 1.54) is 36.7 Å². The van der Waals surface area contributed by atoms with Crippen LogP contribution in [0.4, 0.5) is 18.9 Å². The third kappa shape index (κ3) is 4.62. The number of nitrogens with zero attached hydrogens (tertiary/aromatic N) is 2. The van der Waals surface area contributed by atoms with Crippen LogP contribution in [0.1, 0.15) is 17.3 Å². The molecule has 0 aliphatic carbocycles. The van der Waals surface area contributed by atoms with Gasteiger partial charge in [0.05, 0.1) is 11.6 Å². The third-order valence-electron chi connectivity index (χ3n) is 5.29. The zero-order chi connectivity index (χ0) is 23.6. The monoisotopic (exact) mass is 474 g/mol. The first-order valence-corrected chi connectivity index (χ1v) is 11.0. The van der Waals surface area contributed by atoms with Crippen LogP contribution in [0, 0.1) is 6.92 Å². The van der Waals surface area contributed by atoms with Crippen LogP contribution in [0.5, 0.6) is 5.75 Å². The molecule has 6 nitrogen and oxygen atoms in total. The first-order valence-electron chi connectivity index (χ1n) is 10.0. The Hall–Kier alpha value is -3.24. The first kappa shape index (κ1) is 22.9. The first-order chi connectivity index (χ1) is 15.7. The van der Waals surface area contributed by atoms with Gasteiger partial charge in [0.1, 0.15) is 5.75 Å². The van der Waals surface area contributed by atoms with Crippen LogP contribution >= 0.6 is 11.8 Å². The van der Waals surface area contributed by atoms with Gasteiger partial charge in [-0.25, -0.2) is 4.98 Å². The SMILES string of the molecule is Cc1ccc2c(NC(c3ccccc3O)C(O)(CSc3ncc[nH]3)C(F)(F)F)cccc2n1. The van der Waals surface area contributed by atoms with E-state index in [0.717, 1.165) is 17.5 Å². The number of anilines is 1. The van der Waals surface area contributed by atoms with E-state index < -0.39 is 23.6 Å². The highest BCUT2D eigenvalue weighted by molar-refractivity contribution is 7.99. The van der Waals surface area contributed by atoms with Crippen molar-refractivity contribution in [2.24, 2.45) is 0 Å². The number of para-hydroxylation sites is 1. The van der Waals surface area contributed by atoms with E-state index in [0.29, 0.717) is 16.6 Å². The van der Waals surface area contributed by atoms with Crippen molar-refractivity contribution >= 4 is 28.4 Å². The van der Waals surface area contributed by atoms with Gasteiger partial charge in [-0.3, -0.25) is 4.98 Å². The molecule has 0 amide bonds. The van der Waals surface area contributed by atoms with Crippen LogP contribution in [0.2, 0.25) is 0 Å². The van der Waals surface area contributed by atoms with Gasteiger partial charge in [0.15, 0.2) is 10.8 Å². The molecule has 0 bridgehead atoms. The van der Waals surface area contributed by atoms with Gasteiger partial charge >= 0.3 is 6.18 Å². The minimum absolute atomic E-state index is 0.0885. The summed E-state index contributed by atoms with van der Waals surface area (Å²) in [6, 6.07) is 12.5. The fourth-order valence-corrected chi connectivity index (χ4v) is 4.54. The topological polar surface area (TPSA) is 94.1 Å². The molecule has 4 N–H and O–H groups in total. The molecule has 2 unspecified atom stereocenters. The molecule has 10 heteroatoms. The van der Waals surface area contributed by atoms with E-state index in [2.05, 4.69) is 20.3 Å². The number of aromatic hydroxyl groups is 1. The van der Waals surface area contributed by atoms with Crippen molar-refractivity contribution in [1.29, 1.82) is 0 Å². The summed E-state index contributed by atoms with van der Waals surface area (Å²) in [5.74, 6) is -1.13. The fourth-order valence-electron chi connectivity index (χ4n) is 3.56. The number of hydrogen-bond donors (Lipinski definition) is 4. The summed E-state index contributed by atoms with van der Waals surface area (Å²) in [6.45, 7) is 1.82. The number of nitrogens with one attached hydrogen (secondary N) is 2. The maximum Gasteiger partial charge on any atom is 0.420 e. The number of rotatable bonds is 7. The molecule has 0 saturated carbocycles. The van der Waals surface area contributed by atoms with Crippen molar-refractivity contribution in [2.45, 2.75) is 29.9 Å². The fraction of sp³-hybridized carbons (Fsp3) is 0.217. The lowest BCUT2D eigenvalue weighted by Gasteiger charge is -2.38. The van der Waals surface area contributed by atoms with Crippen LogP contribution in [-0.4, -0.2) is 42.7 Å². The lowest BCUT2D eigenvalue weighted by molar-refractivity contribution is -0.256. The summed E-state index contributed by atoms with van der Waals surface area (Å²) < 4.78 is 43.3. The summed E-state index contributed by atoms with van der Waals surface area (Å²) in [7, 11) is 0. The molecular weight excluding hydrogens is 453 g/mol. The van der Waals surface area contributed by atoms with Gasteiger partial charge in [-0.05, 0) is 37.3 Å². The number of aliphatic hydroxyl groups is 1. The number of aromatic nitrogens is 3. The molecule has 4 aromatic rings. The van der Waals surface area contributed by atoms with Crippen LogP contribution in [0.15, 0.2) is 72.1 Å². The molecule has 33 heavy (non-hydrogen) atoms. The zero-order valence-corrected chi connectivity index (χ0v) is 18.3. The number of phenolic OH excluding ortho intramolecular Hbond substituents is 1. The number of alkyl halides is 3. The predicted octanol–water partition coefficient (Wildman–Crippen LogP) is 5.21. The summed E-state index contributed by atoms with van der Waals surface area (Å²) in [6.07, 6.45) is -2.14. The summed E-state index contributed by atoms with van der Waals surface area (Å²) in [4.78, 5) is 11.1. The van der Waals surface area contributed by atoms with E-state index in [9.17, 15) is 23.4 Å². The normalized spacial score (nSPS) is 14.7. The number of aromatic amines is 1. The van der Waals surface area contributed by atoms with E-state index >= 15 is 0 Å². The van der Waals surface area contributed by atoms with Crippen molar-refractivity contribution in [3.63, 3.8) is 0 Å². The lowest BCUT2D eigenvalue weighted by Crippen LogP contribution is -2.54. The highest BCUT2D eigenvalue weighted by atomic mass is 32.2. The summed E-state index contributed by atoms with van der Waals surface area (Å²) in [5.41, 5.74) is -1.65. The van der Waals surface area contributed by atoms with Crippen LogP contribution in [-0.2, 0) is 0 Å². The molecule has 0 aliphatic rings. The van der Waals surface area contributed by atoms with E-state index in [1.54, 1.807) is 30.3 Å². The van der Waals surface area contributed by atoms with Gasteiger partial charge in [-0.1, -0.05) is 36.0 Å². The maximum atomic E-state index is 14.4. The van der Waals surface area contributed by atoms with Gasteiger partial charge < -0.3 is 20.5 Å². The Kier molecular flexibility index (Phi) is 6.22. The van der Waals surface area contributed by atoms with Crippen molar-refractivity contribution in [3.8, 4) is 5.75 Å². The average molecular weight is 475 g/mol. The molecule has 4 rings (SSSR count). The van der Waals surface area contributed by atoms with Crippen molar-refractivity contribution in [2.75, 3.05) is 11.1 Å². The zero-order valence-electron chi connectivity index (χ0n) is 17.5. The van der Waals surface area contributed by atoms with E-state index in [1.807, 2.05) is 6.92 Å². The number of benzene rings is 2. The number of fused-ring (bicyclic) bond motifs is 1.